The Bertz CT molecular complexity index is 1310. The number of aromatic nitrogens is 5. The smallest absolute Gasteiger partial charge is 0.293 e. The third-order valence-corrected chi connectivity index (χ3v) is 5.66. The van der Waals surface area contributed by atoms with Crippen LogP contribution >= 0.6 is 0 Å². The van der Waals surface area contributed by atoms with Crippen molar-refractivity contribution in [1.82, 2.24) is 30.7 Å². The van der Waals surface area contributed by atoms with Gasteiger partial charge in [0.2, 0.25) is 11.6 Å². The van der Waals surface area contributed by atoms with Gasteiger partial charge in [0.05, 0.1) is 18.5 Å². The zero-order valence-corrected chi connectivity index (χ0v) is 20.4. The van der Waals surface area contributed by atoms with Crippen LogP contribution in [0.25, 0.3) is 5.82 Å². The Hall–Kier alpha value is -4.74. The van der Waals surface area contributed by atoms with Crippen LogP contribution in [0.4, 0.5) is 17.2 Å². The molecule has 36 heavy (non-hydrogen) atoms. The first-order chi connectivity index (χ1) is 17.5. The zero-order valence-electron chi connectivity index (χ0n) is 20.4. The van der Waals surface area contributed by atoms with E-state index in [-0.39, 0.29) is 23.9 Å². The van der Waals surface area contributed by atoms with Crippen LogP contribution < -0.4 is 21.0 Å². The summed E-state index contributed by atoms with van der Waals surface area (Å²) in [5.74, 6) is -0.347. The number of nitrogens with zero attached hydrogens (tertiary/aromatic N) is 8. The van der Waals surface area contributed by atoms with Crippen molar-refractivity contribution < 1.29 is 9.42 Å². The van der Waals surface area contributed by atoms with Gasteiger partial charge >= 0.3 is 0 Å². The predicted octanol–water partition coefficient (Wildman–Crippen LogP) is 2.48. The van der Waals surface area contributed by atoms with Crippen molar-refractivity contribution in [2.45, 2.75) is 20.4 Å². The average Bonchev–Trinajstić information content (AvgIpc) is 3.51. The van der Waals surface area contributed by atoms with Crippen molar-refractivity contribution >= 4 is 29.3 Å². The lowest BCUT2D eigenvalue weighted by molar-refractivity contribution is 0.0949. The maximum Gasteiger partial charge on any atom is 0.293 e. The van der Waals surface area contributed by atoms with Gasteiger partial charge in [-0.3, -0.25) is 4.79 Å². The summed E-state index contributed by atoms with van der Waals surface area (Å²) in [6, 6.07) is 17.6. The Balaban J connectivity index is 1.54. The molecule has 2 aromatic carbocycles. The molecule has 0 radical (unpaired) electrons. The molecule has 186 valence electrons. The quantitative estimate of drug-likeness (QED) is 0.254. The largest absolute Gasteiger partial charge is 0.378 e. The summed E-state index contributed by atoms with van der Waals surface area (Å²) in [6.45, 7) is 6.37. The molecule has 2 heterocycles. The second-order valence-electron chi connectivity index (χ2n) is 7.92. The summed E-state index contributed by atoms with van der Waals surface area (Å²) in [6.07, 6.45) is 1.57. The van der Waals surface area contributed by atoms with Gasteiger partial charge in [0.15, 0.2) is 5.69 Å². The molecule has 0 aliphatic heterocycles. The molecule has 0 spiro atoms. The van der Waals surface area contributed by atoms with E-state index in [0.29, 0.717) is 5.69 Å². The number of para-hydroxylation sites is 1. The van der Waals surface area contributed by atoms with Gasteiger partial charge in [-0.1, -0.05) is 35.5 Å². The molecule has 0 unspecified atom stereocenters. The average molecular weight is 489 g/mol. The Morgan fingerprint density at radius 2 is 1.81 bits per heavy atom. The third-order valence-electron chi connectivity index (χ3n) is 5.66. The van der Waals surface area contributed by atoms with E-state index in [2.05, 4.69) is 49.9 Å². The summed E-state index contributed by atoms with van der Waals surface area (Å²) >= 11 is 0. The fourth-order valence-electron chi connectivity index (χ4n) is 3.70. The monoisotopic (exact) mass is 488 g/mol. The molecule has 2 aromatic heterocycles. The first kappa shape index (κ1) is 24.4. The first-order valence-corrected chi connectivity index (χ1v) is 11.5. The number of rotatable bonds is 10. The molecule has 3 N–H and O–H groups in total. The molecule has 0 saturated heterocycles. The lowest BCUT2D eigenvalue weighted by Gasteiger charge is -2.20. The van der Waals surface area contributed by atoms with Crippen molar-refractivity contribution in [1.29, 1.82) is 0 Å². The van der Waals surface area contributed by atoms with Gasteiger partial charge < -0.3 is 15.5 Å². The SMILES string of the molecule is CCN(CC)c1ccc(C=NNC(=O)c2nnn(-c3nonc3N)c2CN(C)c2ccccc2)cc1. The van der Waals surface area contributed by atoms with Crippen LogP contribution in [-0.2, 0) is 6.54 Å². The molecule has 0 saturated carbocycles. The molecule has 0 bridgehead atoms. The number of benzene rings is 2. The summed E-state index contributed by atoms with van der Waals surface area (Å²) in [5.41, 5.74) is 11.8. The molecule has 4 rings (SSSR count). The van der Waals surface area contributed by atoms with E-state index < -0.39 is 5.91 Å². The lowest BCUT2D eigenvalue weighted by Crippen LogP contribution is -2.24. The number of amides is 1. The number of hydrogen-bond donors (Lipinski definition) is 2. The van der Waals surface area contributed by atoms with Crippen molar-refractivity contribution in [2.24, 2.45) is 5.10 Å². The summed E-state index contributed by atoms with van der Waals surface area (Å²) in [5, 5.41) is 19.6. The van der Waals surface area contributed by atoms with Gasteiger partial charge in [0.25, 0.3) is 5.91 Å². The Kier molecular flexibility index (Phi) is 7.54. The molecule has 12 heteroatoms. The summed E-state index contributed by atoms with van der Waals surface area (Å²) in [4.78, 5) is 17.2. The minimum Gasteiger partial charge on any atom is -0.378 e. The van der Waals surface area contributed by atoms with Crippen LogP contribution in [0.2, 0.25) is 0 Å². The fraction of sp³-hybridized carbons (Fsp3) is 0.250. The van der Waals surface area contributed by atoms with Crippen molar-refractivity contribution in [3.63, 3.8) is 0 Å². The minimum atomic E-state index is -0.524. The highest BCUT2D eigenvalue weighted by Crippen LogP contribution is 2.20. The highest BCUT2D eigenvalue weighted by atomic mass is 16.6. The predicted molar refractivity (Wildman–Crippen MR) is 137 cm³/mol. The van der Waals surface area contributed by atoms with Crippen LogP contribution in [0.15, 0.2) is 64.3 Å². The molecule has 1 amide bonds. The maximum atomic E-state index is 13.0. The van der Waals surface area contributed by atoms with Gasteiger partial charge in [0.1, 0.15) is 0 Å². The van der Waals surface area contributed by atoms with Crippen LogP contribution in [0.1, 0.15) is 35.6 Å². The standard InChI is InChI=1S/C24H28N10O2/c1-4-33(5-2)19-13-11-17(12-14-19)15-26-28-24(35)21-20(16-32(3)18-9-7-6-8-10-18)34(31-27-21)23-22(25)29-36-30-23/h6-15H,4-5,16H2,1-3H3,(H2,25,29)(H,28,35). The molecular formula is C24H28N10O2. The van der Waals surface area contributed by atoms with E-state index in [1.54, 1.807) is 6.21 Å². The normalized spacial score (nSPS) is 11.1. The number of nitrogen functional groups attached to an aromatic ring is 1. The van der Waals surface area contributed by atoms with Gasteiger partial charge in [-0.2, -0.15) is 9.78 Å². The fourth-order valence-corrected chi connectivity index (χ4v) is 3.70. The van der Waals surface area contributed by atoms with Gasteiger partial charge in [-0.15, -0.1) is 5.10 Å². The minimum absolute atomic E-state index is 0.0293. The number of carbonyl (C=O) groups is 1. The van der Waals surface area contributed by atoms with Crippen molar-refractivity contribution in [3.8, 4) is 5.82 Å². The molecule has 0 fully saturated rings. The van der Waals surface area contributed by atoms with E-state index in [0.717, 1.165) is 30.0 Å². The molecule has 0 aliphatic rings. The summed E-state index contributed by atoms with van der Waals surface area (Å²) < 4.78 is 6.05. The van der Waals surface area contributed by atoms with Crippen LogP contribution in [0.3, 0.4) is 0 Å². The van der Waals surface area contributed by atoms with Gasteiger partial charge in [-0.05, 0) is 54.0 Å². The molecule has 12 nitrogen and oxygen atoms in total. The molecule has 4 aromatic rings. The van der Waals surface area contributed by atoms with E-state index in [1.165, 1.54) is 4.68 Å². The van der Waals surface area contributed by atoms with E-state index in [9.17, 15) is 4.79 Å². The number of anilines is 3. The van der Waals surface area contributed by atoms with E-state index >= 15 is 0 Å². The topological polar surface area (TPSA) is 144 Å². The Morgan fingerprint density at radius 3 is 2.44 bits per heavy atom. The number of carbonyl (C=O) groups excluding carboxylic acids is 1. The third kappa shape index (κ3) is 5.32. The first-order valence-electron chi connectivity index (χ1n) is 11.5. The van der Waals surface area contributed by atoms with Crippen LogP contribution in [-0.4, -0.2) is 57.6 Å². The lowest BCUT2D eigenvalue weighted by atomic mass is 10.2. The zero-order chi connectivity index (χ0) is 25.5. The Labute approximate surface area is 208 Å². The number of hydrogen-bond acceptors (Lipinski definition) is 10. The second kappa shape index (κ2) is 11.1. The summed E-state index contributed by atoms with van der Waals surface area (Å²) in [7, 11) is 1.89. The number of hydrazone groups is 1. The highest BCUT2D eigenvalue weighted by molar-refractivity contribution is 5.94. The highest BCUT2D eigenvalue weighted by Gasteiger charge is 2.25. The number of nitrogens with one attached hydrogen (secondary N) is 1. The van der Waals surface area contributed by atoms with Crippen molar-refractivity contribution in [2.75, 3.05) is 35.7 Å². The number of nitrogens with two attached hydrogens (primary N) is 1. The van der Waals surface area contributed by atoms with E-state index in [4.69, 9.17) is 10.4 Å². The maximum absolute atomic E-state index is 13.0. The Morgan fingerprint density at radius 1 is 1.08 bits per heavy atom. The van der Waals surface area contributed by atoms with E-state index in [1.807, 2.05) is 66.5 Å². The van der Waals surface area contributed by atoms with Crippen LogP contribution in [0, 0.1) is 0 Å². The molecule has 0 atom stereocenters. The molecule has 0 aliphatic carbocycles. The van der Waals surface area contributed by atoms with Gasteiger partial charge in [-0.25, -0.2) is 10.1 Å². The second-order valence-corrected chi connectivity index (χ2v) is 7.92. The van der Waals surface area contributed by atoms with Gasteiger partial charge in [0, 0.05) is 31.5 Å². The van der Waals surface area contributed by atoms with Crippen LogP contribution in [0.5, 0.6) is 0 Å². The van der Waals surface area contributed by atoms with Crippen molar-refractivity contribution in [3.05, 3.63) is 71.5 Å². The molecular weight excluding hydrogens is 460 g/mol.